The van der Waals surface area contributed by atoms with E-state index in [0.29, 0.717) is 31.7 Å². The van der Waals surface area contributed by atoms with E-state index in [4.69, 9.17) is 4.74 Å². The van der Waals surface area contributed by atoms with Gasteiger partial charge in [-0.05, 0) is 12.0 Å². The van der Waals surface area contributed by atoms with Crippen molar-refractivity contribution in [1.29, 1.82) is 0 Å². The van der Waals surface area contributed by atoms with E-state index in [-0.39, 0.29) is 0 Å². The SMILES string of the molecule is CC(C)c1nc2n(n1)CC(NCC(O)COCc1ccccc1)CC2. The van der Waals surface area contributed by atoms with E-state index in [1.54, 1.807) is 0 Å². The van der Waals surface area contributed by atoms with E-state index in [0.717, 1.165) is 36.6 Å². The normalized spacial score (nSPS) is 18.3. The van der Waals surface area contributed by atoms with E-state index in [1.807, 2.05) is 35.0 Å². The van der Waals surface area contributed by atoms with E-state index in [1.165, 1.54) is 0 Å². The number of rotatable bonds is 8. The molecule has 136 valence electrons. The molecule has 0 amide bonds. The molecule has 6 nitrogen and oxygen atoms in total. The molecular formula is C19H28N4O2. The lowest BCUT2D eigenvalue weighted by Crippen LogP contribution is -2.42. The largest absolute Gasteiger partial charge is 0.389 e. The summed E-state index contributed by atoms with van der Waals surface area (Å²) in [5, 5.41) is 18.1. The van der Waals surface area contributed by atoms with Crippen molar-refractivity contribution in [2.75, 3.05) is 13.2 Å². The molecule has 0 spiro atoms. The number of fused-ring (bicyclic) bond motifs is 1. The highest BCUT2D eigenvalue weighted by Gasteiger charge is 2.22. The van der Waals surface area contributed by atoms with Gasteiger partial charge >= 0.3 is 0 Å². The Balaban J connectivity index is 1.38. The lowest BCUT2D eigenvalue weighted by atomic mass is 10.1. The summed E-state index contributed by atoms with van der Waals surface area (Å²) in [6, 6.07) is 10.3. The van der Waals surface area contributed by atoms with Crippen LogP contribution in [-0.4, -0.2) is 45.2 Å². The maximum Gasteiger partial charge on any atom is 0.153 e. The molecule has 2 unspecified atom stereocenters. The molecule has 0 aliphatic carbocycles. The second kappa shape index (κ2) is 8.56. The quantitative estimate of drug-likeness (QED) is 0.765. The Hall–Kier alpha value is -1.76. The van der Waals surface area contributed by atoms with Gasteiger partial charge in [0.2, 0.25) is 0 Å². The summed E-state index contributed by atoms with van der Waals surface area (Å²) < 4.78 is 7.60. The molecule has 1 aromatic carbocycles. The summed E-state index contributed by atoms with van der Waals surface area (Å²) in [6.07, 6.45) is 1.44. The van der Waals surface area contributed by atoms with Gasteiger partial charge in [0.05, 0.1) is 25.9 Å². The molecule has 0 radical (unpaired) electrons. The molecule has 2 atom stereocenters. The van der Waals surface area contributed by atoms with Gasteiger partial charge in [-0.25, -0.2) is 9.67 Å². The molecule has 1 aromatic heterocycles. The Morgan fingerprint density at radius 1 is 1.32 bits per heavy atom. The number of hydrogen-bond acceptors (Lipinski definition) is 5. The number of nitrogens with one attached hydrogen (secondary N) is 1. The standard InChI is InChI=1S/C19H28N4O2/c1-14(2)19-21-18-9-8-16(11-23(18)22-19)20-10-17(24)13-25-12-15-6-4-3-5-7-15/h3-7,14,16-17,20,24H,8-13H2,1-2H3. The zero-order valence-corrected chi connectivity index (χ0v) is 15.1. The van der Waals surface area contributed by atoms with Crippen LogP contribution in [0.2, 0.25) is 0 Å². The Kier molecular flexibility index (Phi) is 6.18. The average molecular weight is 344 g/mol. The molecule has 25 heavy (non-hydrogen) atoms. The van der Waals surface area contributed by atoms with Gasteiger partial charge in [-0.2, -0.15) is 5.10 Å². The summed E-state index contributed by atoms with van der Waals surface area (Å²) in [6.45, 7) is 6.43. The van der Waals surface area contributed by atoms with Crippen molar-refractivity contribution in [3.63, 3.8) is 0 Å². The monoisotopic (exact) mass is 344 g/mol. The Labute approximate surface area is 149 Å². The minimum absolute atomic E-state index is 0.318. The van der Waals surface area contributed by atoms with E-state index in [2.05, 4.69) is 29.2 Å². The minimum atomic E-state index is -0.507. The van der Waals surface area contributed by atoms with Gasteiger partial charge in [-0.15, -0.1) is 0 Å². The minimum Gasteiger partial charge on any atom is -0.389 e. The molecule has 0 fully saturated rings. The molecule has 0 saturated heterocycles. The van der Waals surface area contributed by atoms with Crippen molar-refractivity contribution >= 4 is 0 Å². The van der Waals surface area contributed by atoms with Gasteiger partial charge in [-0.3, -0.25) is 0 Å². The maximum atomic E-state index is 10.1. The summed E-state index contributed by atoms with van der Waals surface area (Å²) in [7, 11) is 0. The third kappa shape index (κ3) is 5.11. The first kappa shape index (κ1) is 18.0. The fourth-order valence-corrected chi connectivity index (χ4v) is 2.99. The van der Waals surface area contributed by atoms with Crippen LogP contribution in [0.15, 0.2) is 30.3 Å². The third-order valence-corrected chi connectivity index (χ3v) is 4.45. The fourth-order valence-electron chi connectivity index (χ4n) is 2.99. The van der Waals surface area contributed by atoms with Crippen LogP contribution in [0, 0.1) is 0 Å². The molecule has 6 heteroatoms. The molecule has 2 N–H and O–H groups in total. The molecule has 2 heterocycles. The second-order valence-electron chi connectivity index (χ2n) is 7.02. The van der Waals surface area contributed by atoms with Gasteiger partial charge in [0.25, 0.3) is 0 Å². The van der Waals surface area contributed by atoms with Crippen molar-refractivity contribution in [2.45, 2.75) is 57.9 Å². The van der Waals surface area contributed by atoms with Crippen LogP contribution in [0.1, 0.15) is 43.4 Å². The van der Waals surface area contributed by atoms with Crippen LogP contribution in [0.4, 0.5) is 0 Å². The van der Waals surface area contributed by atoms with Crippen molar-refractivity contribution < 1.29 is 9.84 Å². The number of ether oxygens (including phenoxy) is 1. The highest BCUT2D eigenvalue weighted by atomic mass is 16.5. The van der Waals surface area contributed by atoms with Crippen molar-refractivity contribution in [2.24, 2.45) is 0 Å². The first-order valence-electron chi connectivity index (χ1n) is 9.08. The molecule has 3 rings (SSSR count). The number of hydrogen-bond donors (Lipinski definition) is 2. The van der Waals surface area contributed by atoms with Crippen LogP contribution in [-0.2, 0) is 24.3 Å². The summed E-state index contributed by atoms with van der Waals surface area (Å²) in [5.41, 5.74) is 1.12. The molecule has 1 aliphatic heterocycles. The summed E-state index contributed by atoms with van der Waals surface area (Å²) >= 11 is 0. The lowest BCUT2D eigenvalue weighted by molar-refractivity contribution is 0.0269. The highest BCUT2D eigenvalue weighted by molar-refractivity contribution is 5.13. The van der Waals surface area contributed by atoms with Gasteiger partial charge in [0.15, 0.2) is 5.82 Å². The average Bonchev–Trinajstić information content (AvgIpc) is 3.04. The topological polar surface area (TPSA) is 72.2 Å². The number of aliphatic hydroxyl groups excluding tert-OH is 1. The molecule has 2 aromatic rings. The van der Waals surface area contributed by atoms with Crippen LogP contribution < -0.4 is 5.32 Å². The van der Waals surface area contributed by atoms with Gasteiger partial charge < -0.3 is 15.2 Å². The Bertz CT molecular complexity index is 657. The van der Waals surface area contributed by atoms with Crippen LogP contribution in [0.25, 0.3) is 0 Å². The zero-order chi connectivity index (χ0) is 17.6. The number of nitrogens with zero attached hydrogens (tertiary/aromatic N) is 3. The number of aromatic nitrogens is 3. The van der Waals surface area contributed by atoms with Crippen molar-refractivity contribution in [1.82, 2.24) is 20.1 Å². The smallest absolute Gasteiger partial charge is 0.153 e. The van der Waals surface area contributed by atoms with Crippen LogP contribution >= 0.6 is 0 Å². The molecule has 0 saturated carbocycles. The Morgan fingerprint density at radius 2 is 2.12 bits per heavy atom. The lowest BCUT2D eigenvalue weighted by Gasteiger charge is -2.24. The first-order valence-corrected chi connectivity index (χ1v) is 9.08. The van der Waals surface area contributed by atoms with Crippen LogP contribution in [0.3, 0.4) is 0 Å². The number of benzene rings is 1. The number of aliphatic hydroxyl groups is 1. The van der Waals surface area contributed by atoms with Crippen molar-refractivity contribution in [3.8, 4) is 0 Å². The summed E-state index contributed by atoms with van der Waals surface area (Å²) in [4.78, 5) is 4.60. The Morgan fingerprint density at radius 3 is 2.88 bits per heavy atom. The van der Waals surface area contributed by atoms with Gasteiger partial charge in [-0.1, -0.05) is 44.2 Å². The maximum absolute atomic E-state index is 10.1. The van der Waals surface area contributed by atoms with E-state index in [9.17, 15) is 5.11 Å². The molecule has 1 aliphatic rings. The van der Waals surface area contributed by atoms with Gasteiger partial charge in [0.1, 0.15) is 5.82 Å². The fraction of sp³-hybridized carbons (Fsp3) is 0.579. The van der Waals surface area contributed by atoms with Crippen molar-refractivity contribution in [3.05, 3.63) is 47.5 Å². The van der Waals surface area contributed by atoms with E-state index >= 15 is 0 Å². The van der Waals surface area contributed by atoms with Gasteiger partial charge in [0, 0.05) is 24.9 Å². The highest BCUT2D eigenvalue weighted by Crippen LogP contribution is 2.16. The first-order chi connectivity index (χ1) is 12.1. The zero-order valence-electron chi connectivity index (χ0n) is 15.1. The predicted molar refractivity (Wildman–Crippen MR) is 96.3 cm³/mol. The van der Waals surface area contributed by atoms with E-state index < -0.39 is 6.10 Å². The predicted octanol–water partition coefficient (Wildman–Crippen LogP) is 1.88. The van der Waals surface area contributed by atoms with Crippen LogP contribution in [0.5, 0.6) is 0 Å². The summed E-state index contributed by atoms with van der Waals surface area (Å²) in [5.74, 6) is 2.35. The molecule has 0 bridgehead atoms. The number of aryl methyl sites for hydroxylation is 1. The second-order valence-corrected chi connectivity index (χ2v) is 7.02. The molecular weight excluding hydrogens is 316 g/mol. The third-order valence-electron chi connectivity index (χ3n) is 4.45.